The zero-order chi connectivity index (χ0) is 20.3. The fraction of sp³-hybridized carbons (Fsp3) is 0.750. The van der Waals surface area contributed by atoms with Crippen LogP contribution in [0.15, 0.2) is 0 Å². The van der Waals surface area contributed by atoms with Gasteiger partial charge in [-0.3, -0.25) is 29.7 Å². The molecule has 0 aliphatic heterocycles. The predicted molar refractivity (Wildman–Crippen MR) is 96.9 cm³/mol. The molecule has 0 atom stereocenters. The van der Waals surface area contributed by atoms with Gasteiger partial charge in [0.25, 0.3) is 0 Å². The second-order valence-corrected chi connectivity index (χ2v) is 5.47. The molecule has 11 heteroatoms. The molecule has 0 saturated heterocycles. The zero-order valence-electron chi connectivity index (χ0n) is 17.4. The molecule has 0 amide bonds. The smallest absolute Gasteiger partial charge is 0.137 e. The van der Waals surface area contributed by atoms with Crippen LogP contribution in [0, 0.1) is 0 Å². The van der Waals surface area contributed by atoms with Crippen LogP contribution in [0.25, 0.3) is 0 Å². The summed E-state index contributed by atoms with van der Waals surface area (Å²) in [5.74, 6) is -0.250. The molecule has 164 valence electrons. The Morgan fingerprint density at radius 3 is 0.741 bits per heavy atom. The topological polar surface area (TPSA) is 190 Å². The molecular weight excluding hydrogens is 400 g/mol. The Kier molecular flexibility index (Phi) is 54.8. The summed E-state index contributed by atoms with van der Waals surface area (Å²) < 4.78 is 0. The maximum atomic E-state index is 10.0. The molecular formula is C16H36O10Ti. The summed E-state index contributed by atoms with van der Waals surface area (Å²) in [6.07, 6.45) is 0.0463. The minimum absolute atomic E-state index is 0. The van der Waals surface area contributed by atoms with Gasteiger partial charge in [0.1, 0.15) is 23.1 Å². The van der Waals surface area contributed by atoms with Crippen LogP contribution in [0.5, 0.6) is 0 Å². The van der Waals surface area contributed by atoms with Gasteiger partial charge in [0, 0.05) is 21.7 Å². The summed E-state index contributed by atoms with van der Waals surface area (Å²) >= 11 is 0. The second-order valence-electron chi connectivity index (χ2n) is 5.47. The third-order valence-corrected chi connectivity index (χ3v) is 1.42. The van der Waals surface area contributed by atoms with Crippen molar-refractivity contribution in [3.05, 3.63) is 0 Å². The van der Waals surface area contributed by atoms with Crippen LogP contribution in [0.2, 0.25) is 0 Å². The van der Waals surface area contributed by atoms with Gasteiger partial charge >= 0.3 is 0 Å². The molecule has 0 saturated carbocycles. The summed E-state index contributed by atoms with van der Waals surface area (Å²) in [7, 11) is 0. The summed E-state index contributed by atoms with van der Waals surface area (Å²) in [4.78, 5) is 47.6. The number of carbonyl (C=O) groups excluding carboxylic acids is 4. The van der Waals surface area contributed by atoms with E-state index in [-0.39, 0.29) is 80.9 Å². The van der Waals surface area contributed by atoms with Crippen molar-refractivity contribution in [2.24, 2.45) is 0 Å². The molecule has 0 bridgehead atoms. The zero-order valence-corrected chi connectivity index (χ0v) is 19.0. The van der Waals surface area contributed by atoms with Crippen molar-refractivity contribution in [2.45, 2.75) is 80.4 Å². The Bertz CT molecular complexity index is 299. The third-order valence-electron chi connectivity index (χ3n) is 1.42. The fourth-order valence-corrected chi connectivity index (χ4v) is 0.701. The molecule has 10 nitrogen and oxygen atoms in total. The van der Waals surface area contributed by atoms with Crippen molar-refractivity contribution in [3.8, 4) is 0 Å². The second kappa shape index (κ2) is 32.8. The number of carbonyl (C=O) groups is 4. The predicted octanol–water partition coefficient (Wildman–Crippen LogP) is 1.23. The molecule has 27 heavy (non-hydrogen) atoms. The van der Waals surface area contributed by atoms with Crippen molar-refractivity contribution in [1.29, 1.82) is 0 Å². The van der Waals surface area contributed by atoms with Gasteiger partial charge in [0.2, 0.25) is 0 Å². The Balaban J connectivity index is -0.0000000385. The molecule has 0 aliphatic carbocycles. The first-order valence-electron chi connectivity index (χ1n) is 7.38. The van der Waals surface area contributed by atoms with Gasteiger partial charge < -0.3 is 11.0 Å². The third kappa shape index (κ3) is 108. The van der Waals surface area contributed by atoms with Crippen molar-refractivity contribution >= 4 is 23.1 Å². The van der Waals surface area contributed by atoms with E-state index in [0.29, 0.717) is 0 Å². The van der Waals surface area contributed by atoms with E-state index in [1.807, 2.05) is 0 Å². The van der Waals surface area contributed by atoms with Crippen LogP contribution < -0.4 is 0 Å². The molecule has 0 aromatic heterocycles. The van der Waals surface area contributed by atoms with Crippen molar-refractivity contribution < 1.29 is 72.1 Å². The molecule has 0 aromatic carbocycles. The first-order valence-corrected chi connectivity index (χ1v) is 7.38. The molecule has 0 aliphatic rings. The van der Waals surface area contributed by atoms with Crippen molar-refractivity contribution in [1.82, 2.24) is 0 Å². The van der Waals surface area contributed by atoms with E-state index in [4.69, 9.17) is 10.5 Å². The largest absolute Gasteiger partial charge is 0.412 e. The van der Waals surface area contributed by atoms with Crippen molar-refractivity contribution in [3.63, 3.8) is 0 Å². The minimum atomic E-state index is -0.0625. The van der Waals surface area contributed by atoms with E-state index in [9.17, 15) is 19.2 Å². The average Bonchev–Trinajstić information content (AvgIpc) is 2.37. The van der Waals surface area contributed by atoms with Gasteiger partial charge in [-0.2, -0.15) is 0 Å². The Hall–Kier alpha value is -0.846. The van der Waals surface area contributed by atoms with Crippen LogP contribution in [0.1, 0.15) is 68.2 Å². The van der Waals surface area contributed by atoms with Gasteiger partial charge in [-0.15, -0.1) is 0 Å². The Morgan fingerprint density at radius 2 is 0.741 bits per heavy atom. The van der Waals surface area contributed by atoms with E-state index >= 15 is 0 Å². The minimum Gasteiger partial charge on any atom is -0.412 e. The van der Waals surface area contributed by atoms with Crippen LogP contribution in [0.4, 0.5) is 0 Å². The van der Waals surface area contributed by atoms with E-state index in [1.54, 1.807) is 27.7 Å². The molecule has 6 N–H and O–H groups in total. The number of rotatable bonds is 6. The standard InChI is InChI=1S/2C5H8O2.2C3H8O2.2H2O.Ti/c2*1-4(6)3-5(2)7;2*1-3(2)5-4;;;/h2*3H2,1-2H3;2*3-4H,1-2H3;2*1H2;. The fourth-order valence-electron chi connectivity index (χ4n) is 0.701. The maximum absolute atomic E-state index is 10.0. The average molecular weight is 436 g/mol. The molecule has 0 unspecified atom stereocenters. The van der Waals surface area contributed by atoms with Gasteiger partial charge in [0.05, 0.1) is 25.0 Å². The van der Waals surface area contributed by atoms with Gasteiger partial charge in [0.15, 0.2) is 0 Å². The van der Waals surface area contributed by atoms with Gasteiger partial charge in [-0.1, -0.05) is 0 Å². The number of ketones is 4. The van der Waals surface area contributed by atoms with E-state index < -0.39 is 0 Å². The van der Waals surface area contributed by atoms with Crippen LogP contribution in [-0.2, 0) is 50.7 Å². The molecule has 0 fully saturated rings. The number of Topliss-reactive ketones (excluding diaryl/α,β-unsaturated/α-hetero) is 4. The van der Waals surface area contributed by atoms with Gasteiger partial charge in [-0.05, 0) is 55.4 Å². The number of hydrogen-bond donors (Lipinski definition) is 2. The first-order chi connectivity index (χ1) is 10.8. The molecule has 0 radical (unpaired) electrons. The van der Waals surface area contributed by atoms with Gasteiger partial charge in [-0.25, -0.2) is 9.78 Å². The first kappa shape index (κ1) is 45.1. The molecule has 0 spiro atoms. The molecule has 0 heterocycles. The SMILES string of the molecule is CC(=O)CC(C)=O.CC(=O)CC(C)=O.CC(C)OO.CC(C)OO.O.O.[Ti]. The van der Waals surface area contributed by atoms with E-state index in [1.165, 1.54) is 27.7 Å². The molecule has 0 rings (SSSR count). The van der Waals surface area contributed by atoms with Crippen LogP contribution >= 0.6 is 0 Å². The monoisotopic (exact) mass is 436 g/mol. The van der Waals surface area contributed by atoms with E-state index in [2.05, 4.69) is 9.78 Å². The summed E-state index contributed by atoms with van der Waals surface area (Å²) in [5, 5.41) is 15.3. The molecule has 0 aromatic rings. The normalized spacial score (nSPS) is 7.85. The Morgan fingerprint density at radius 1 is 0.630 bits per heavy atom. The summed E-state index contributed by atoms with van der Waals surface area (Å²) in [5.41, 5.74) is 0. The van der Waals surface area contributed by atoms with Crippen LogP contribution in [0.3, 0.4) is 0 Å². The van der Waals surface area contributed by atoms with Crippen LogP contribution in [-0.4, -0.2) is 56.8 Å². The van der Waals surface area contributed by atoms with E-state index in [0.717, 1.165) is 0 Å². The van der Waals surface area contributed by atoms with Crippen molar-refractivity contribution in [2.75, 3.05) is 0 Å². The quantitative estimate of drug-likeness (QED) is 0.269. The summed E-state index contributed by atoms with van der Waals surface area (Å²) in [6.45, 7) is 12.6. The summed E-state index contributed by atoms with van der Waals surface area (Å²) in [6, 6.07) is 0. The maximum Gasteiger partial charge on any atom is 0.137 e. The number of hydrogen-bond acceptors (Lipinski definition) is 8. The Labute approximate surface area is 176 Å².